The first-order valence-corrected chi connectivity index (χ1v) is 6.20. The van der Waals surface area contributed by atoms with Gasteiger partial charge in [0.1, 0.15) is 5.75 Å². The molecule has 2 aromatic rings. The minimum Gasteiger partial charge on any atom is -0.467 e. The highest BCUT2D eigenvalue weighted by Gasteiger charge is 2.11. The summed E-state index contributed by atoms with van der Waals surface area (Å²) in [5.74, 6) is 1.03. The first kappa shape index (κ1) is 13.5. The topological polar surface area (TPSA) is 57.1 Å². The van der Waals surface area contributed by atoms with Crippen LogP contribution in [0, 0.1) is 0 Å². The fraction of sp³-hybridized carbons (Fsp3) is 0.308. The Morgan fingerprint density at radius 3 is 2.42 bits per heavy atom. The van der Waals surface area contributed by atoms with Crippen LogP contribution in [-0.2, 0) is 0 Å². The summed E-state index contributed by atoms with van der Waals surface area (Å²) in [7, 11) is 1.46. The van der Waals surface area contributed by atoms with Crippen molar-refractivity contribution in [3.05, 3.63) is 35.1 Å². The van der Waals surface area contributed by atoms with Crippen molar-refractivity contribution in [2.24, 2.45) is 0 Å². The Labute approximate surface area is 116 Å². The van der Waals surface area contributed by atoms with Gasteiger partial charge in [-0.05, 0) is 29.1 Å². The largest absolute Gasteiger partial charge is 0.467 e. The molecule has 5 nitrogen and oxygen atoms in total. The van der Waals surface area contributed by atoms with Gasteiger partial charge in [-0.3, -0.25) is 0 Å². The summed E-state index contributed by atoms with van der Waals surface area (Å²) in [6.45, 7) is 4.17. The van der Waals surface area contributed by atoms with E-state index in [-0.39, 0.29) is 17.3 Å². The molecule has 0 fully saturated rings. The van der Waals surface area contributed by atoms with Gasteiger partial charge >= 0.3 is 12.0 Å². The lowest BCUT2D eigenvalue weighted by atomic mass is 10.0. The molecule has 0 amide bonds. The number of benzene rings is 1. The van der Waals surface area contributed by atoms with Crippen LogP contribution in [0.3, 0.4) is 0 Å². The third-order valence-corrected chi connectivity index (χ3v) is 2.66. The van der Waals surface area contributed by atoms with Crippen molar-refractivity contribution in [3.63, 3.8) is 0 Å². The molecule has 100 valence electrons. The van der Waals surface area contributed by atoms with Gasteiger partial charge < -0.3 is 9.47 Å². The monoisotopic (exact) mass is 279 g/mol. The van der Waals surface area contributed by atoms with Gasteiger partial charge in [-0.2, -0.15) is 9.97 Å². The lowest BCUT2D eigenvalue weighted by Crippen LogP contribution is -2.00. The van der Waals surface area contributed by atoms with Gasteiger partial charge in [0.15, 0.2) is 0 Å². The van der Waals surface area contributed by atoms with Crippen LogP contribution in [0.4, 0.5) is 0 Å². The van der Waals surface area contributed by atoms with E-state index in [4.69, 9.17) is 21.1 Å². The first-order chi connectivity index (χ1) is 9.10. The summed E-state index contributed by atoms with van der Waals surface area (Å²) in [6.07, 6.45) is 0. The van der Waals surface area contributed by atoms with Crippen LogP contribution >= 0.6 is 11.6 Å². The summed E-state index contributed by atoms with van der Waals surface area (Å²) >= 11 is 5.78. The van der Waals surface area contributed by atoms with Crippen LogP contribution in [0.15, 0.2) is 24.3 Å². The van der Waals surface area contributed by atoms with Gasteiger partial charge in [0.2, 0.25) is 5.28 Å². The first-order valence-electron chi connectivity index (χ1n) is 5.82. The molecule has 0 bridgehead atoms. The molecule has 19 heavy (non-hydrogen) atoms. The summed E-state index contributed by atoms with van der Waals surface area (Å²) in [5.41, 5.74) is 1.07. The number of hydrogen-bond acceptors (Lipinski definition) is 5. The molecule has 0 aliphatic carbocycles. The van der Waals surface area contributed by atoms with Gasteiger partial charge in [0.25, 0.3) is 0 Å². The van der Waals surface area contributed by atoms with E-state index >= 15 is 0 Å². The van der Waals surface area contributed by atoms with E-state index in [1.165, 1.54) is 7.11 Å². The third kappa shape index (κ3) is 3.32. The molecular weight excluding hydrogens is 266 g/mol. The smallest absolute Gasteiger partial charge is 0.329 e. The predicted molar refractivity (Wildman–Crippen MR) is 72.0 cm³/mol. The van der Waals surface area contributed by atoms with Gasteiger partial charge in [0, 0.05) is 0 Å². The zero-order valence-corrected chi connectivity index (χ0v) is 11.7. The van der Waals surface area contributed by atoms with Crippen molar-refractivity contribution >= 4 is 11.6 Å². The second-order valence-electron chi connectivity index (χ2n) is 4.17. The van der Waals surface area contributed by atoms with E-state index < -0.39 is 0 Å². The second kappa shape index (κ2) is 5.84. The van der Waals surface area contributed by atoms with Gasteiger partial charge in [-0.15, -0.1) is 4.98 Å². The number of methoxy groups -OCH3 is 1. The zero-order valence-electron chi connectivity index (χ0n) is 10.9. The highest BCUT2D eigenvalue weighted by molar-refractivity contribution is 6.28. The number of ether oxygens (including phenoxy) is 2. The van der Waals surface area contributed by atoms with E-state index in [0.717, 1.165) is 5.56 Å². The van der Waals surface area contributed by atoms with Crippen LogP contribution in [0.5, 0.6) is 17.8 Å². The van der Waals surface area contributed by atoms with Crippen LogP contribution in [0.1, 0.15) is 25.3 Å². The van der Waals surface area contributed by atoms with Crippen LogP contribution < -0.4 is 9.47 Å². The predicted octanol–water partition coefficient (Wildman–Crippen LogP) is 3.45. The van der Waals surface area contributed by atoms with Crippen molar-refractivity contribution in [1.29, 1.82) is 0 Å². The standard InChI is InChI=1S/C13H14ClN3O2/c1-8(2)9-6-4-5-7-10(9)19-13-16-11(14)15-12(17-13)18-3/h4-8H,1-3H3. The molecule has 6 heteroatoms. The number of aromatic nitrogens is 3. The molecule has 0 aliphatic heterocycles. The highest BCUT2D eigenvalue weighted by Crippen LogP contribution is 2.29. The molecule has 0 atom stereocenters. The Balaban J connectivity index is 2.33. The SMILES string of the molecule is COc1nc(Cl)nc(Oc2ccccc2C(C)C)n1. The maximum absolute atomic E-state index is 5.78. The minimum atomic E-state index is 0.0314. The van der Waals surface area contributed by atoms with E-state index in [0.29, 0.717) is 11.7 Å². The average Bonchev–Trinajstić information content (AvgIpc) is 2.38. The molecule has 0 radical (unpaired) electrons. The number of hydrogen-bond donors (Lipinski definition) is 0. The van der Waals surface area contributed by atoms with E-state index in [9.17, 15) is 0 Å². The molecule has 1 heterocycles. The van der Waals surface area contributed by atoms with E-state index in [1.807, 2.05) is 24.3 Å². The third-order valence-electron chi connectivity index (χ3n) is 2.49. The second-order valence-corrected chi connectivity index (χ2v) is 4.51. The van der Waals surface area contributed by atoms with Gasteiger partial charge in [-0.1, -0.05) is 32.0 Å². The van der Waals surface area contributed by atoms with Crippen LogP contribution in [-0.4, -0.2) is 22.1 Å². The van der Waals surface area contributed by atoms with Crippen LogP contribution in [0.2, 0.25) is 5.28 Å². The summed E-state index contributed by atoms with van der Waals surface area (Å²) in [6, 6.07) is 7.95. The van der Waals surface area contributed by atoms with E-state index in [2.05, 4.69) is 28.8 Å². The molecule has 0 saturated carbocycles. The zero-order chi connectivity index (χ0) is 13.8. The van der Waals surface area contributed by atoms with Crippen molar-refractivity contribution in [2.45, 2.75) is 19.8 Å². The Morgan fingerprint density at radius 1 is 1.05 bits per heavy atom. The van der Waals surface area contributed by atoms with Gasteiger partial charge in [-0.25, -0.2) is 0 Å². The fourth-order valence-corrected chi connectivity index (χ4v) is 1.74. The lowest BCUT2D eigenvalue weighted by molar-refractivity contribution is 0.358. The van der Waals surface area contributed by atoms with Crippen molar-refractivity contribution in [2.75, 3.05) is 7.11 Å². The average molecular weight is 280 g/mol. The fourth-order valence-electron chi connectivity index (χ4n) is 1.60. The molecule has 2 rings (SSSR count). The Kier molecular flexibility index (Phi) is 4.16. The van der Waals surface area contributed by atoms with Crippen molar-refractivity contribution in [3.8, 4) is 17.8 Å². The Bertz CT molecular complexity index is 576. The molecule has 1 aromatic heterocycles. The minimum absolute atomic E-state index is 0.0314. The molecule has 0 aliphatic rings. The maximum Gasteiger partial charge on any atom is 0.329 e. The summed E-state index contributed by atoms with van der Waals surface area (Å²) < 4.78 is 10.6. The Morgan fingerprint density at radius 2 is 1.74 bits per heavy atom. The van der Waals surface area contributed by atoms with Crippen LogP contribution in [0.25, 0.3) is 0 Å². The van der Waals surface area contributed by atoms with Crippen molar-refractivity contribution in [1.82, 2.24) is 15.0 Å². The highest BCUT2D eigenvalue weighted by atomic mass is 35.5. The normalized spacial score (nSPS) is 10.6. The number of halogens is 1. The lowest BCUT2D eigenvalue weighted by Gasteiger charge is -2.12. The molecule has 1 aromatic carbocycles. The maximum atomic E-state index is 5.78. The molecule has 0 unspecified atom stereocenters. The van der Waals surface area contributed by atoms with Crippen molar-refractivity contribution < 1.29 is 9.47 Å². The number of nitrogens with zero attached hydrogens (tertiary/aromatic N) is 3. The molecular formula is C13H14ClN3O2. The number of rotatable bonds is 4. The molecule has 0 N–H and O–H groups in total. The quantitative estimate of drug-likeness (QED) is 0.858. The number of para-hydroxylation sites is 1. The van der Waals surface area contributed by atoms with E-state index in [1.54, 1.807) is 0 Å². The summed E-state index contributed by atoms with van der Waals surface area (Å²) in [4.78, 5) is 11.7. The summed E-state index contributed by atoms with van der Waals surface area (Å²) in [5, 5.41) is 0.0314. The Hall–Kier alpha value is -1.88. The molecule has 0 spiro atoms. The molecule has 0 saturated heterocycles. The van der Waals surface area contributed by atoms with Gasteiger partial charge in [0.05, 0.1) is 7.11 Å².